The summed E-state index contributed by atoms with van der Waals surface area (Å²) in [6.45, 7) is 6.42. The predicted molar refractivity (Wildman–Crippen MR) is 80.6 cm³/mol. The zero-order valence-electron chi connectivity index (χ0n) is 12.7. The second-order valence-corrected chi connectivity index (χ2v) is 5.78. The van der Waals surface area contributed by atoms with Gasteiger partial charge in [-0.05, 0) is 30.5 Å². The van der Waals surface area contributed by atoms with E-state index in [0.29, 0.717) is 24.3 Å². The van der Waals surface area contributed by atoms with Crippen LogP contribution in [-0.4, -0.2) is 32.3 Å². The summed E-state index contributed by atoms with van der Waals surface area (Å²) >= 11 is 0. The number of ether oxygens (including phenoxy) is 1. The second kappa shape index (κ2) is 7.04. The minimum absolute atomic E-state index is 0.137. The Morgan fingerprint density at radius 2 is 2.05 bits per heavy atom. The smallest absolute Gasteiger partial charge is 0.146 e. The minimum Gasteiger partial charge on any atom is -0.381 e. The summed E-state index contributed by atoms with van der Waals surface area (Å²) in [6.07, 6.45) is 1.93. The lowest BCUT2D eigenvalue weighted by Gasteiger charge is -2.33. The van der Waals surface area contributed by atoms with Gasteiger partial charge >= 0.3 is 0 Å². The van der Waals surface area contributed by atoms with Gasteiger partial charge in [-0.25, -0.2) is 4.39 Å². The van der Waals surface area contributed by atoms with E-state index in [9.17, 15) is 4.39 Å². The molecule has 0 aliphatic carbocycles. The molecule has 1 aliphatic heterocycles. The monoisotopic (exact) mass is 280 g/mol. The average molecular weight is 280 g/mol. The van der Waals surface area contributed by atoms with Crippen molar-refractivity contribution in [3.8, 4) is 0 Å². The third-order valence-electron chi connectivity index (χ3n) is 3.85. The van der Waals surface area contributed by atoms with Gasteiger partial charge in [-0.3, -0.25) is 0 Å². The third kappa shape index (κ3) is 3.93. The van der Waals surface area contributed by atoms with Gasteiger partial charge in [-0.15, -0.1) is 0 Å². The quantitative estimate of drug-likeness (QED) is 0.897. The fourth-order valence-electron chi connectivity index (χ4n) is 2.54. The maximum Gasteiger partial charge on any atom is 0.146 e. The van der Waals surface area contributed by atoms with Gasteiger partial charge < -0.3 is 15.0 Å². The molecule has 4 heteroatoms. The summed E-state index contributed by atoms with van der Waals surface area (Å²) in [4.78, 5) is 2.05. The average Bonchev–Trinajstić information content (AvgIpc) is 2.45. The van der Waals surface area contributed by atoms with E-state index >= 15 is 0 Å². The van der Waals surface area contributed by atoms with E-state index in [1.54, 1.807) is 6.07 Å². The van der Waals surface area contributed by atoms with Crippen molar-refractivity contribution in [1.29, 1.82) is 0 Å². The molecule has 1 fully saturated rings. The van der Waals surface area contributed by atoms with Crippen molar-refractivity contribution in [2.45, 2.75) is 45.3 Å². The summed E-state index contributed by atoms with van der Waals surface area (Å²) < 4.78 is 19.6. The molecule has 112 valence electrons. The van der Waals surface area contributed by atoms with Crippen LogP contribution in [0.15, 0.2) is 18.2 Å². The molecule has 0 aromatic heterocycles. The van der Waals surface area contributed by atoms with Crippen LogP contribution in [0.4, 0.5) is 10.1 Å². The van der Waals surface area contributed by atoms with Crippen LogP contribution < -0.4 is 10.2 Å². The Hall–Kier alpha value is -1.13. The Labute approximate surface area is 121 Å². The standard InChI is InChI=1S/C16H25FN2O/c1-12(2)18-11-13-4-5-16(15(17)10-13)19(3)14-6-8-20-9-7-14/h4-5,10,12,14,18H,6-9,11H2,1-3H3. The highest BCUT2D eigenvalue weighted by molar-refractivity contribution is 5.49. The Morgan fingerprint density at radius 1 is 1.35 bits per heavy atom. The first-order valence-corrected chi connectivity index (χ1v) is 7.40. The van der Waals surface area contributed by atoms with Crippen molar-refractivity contribution in [2.24, 2.45) is 0 Å². The van der Waals surface area contributed by atoms with Crippen LogP contribution in [0.25, 0.3) is 0 Å². The summed E-state index contributed by atoms with van der Waals surface area (Å²) in [5.74, 6) is -0.137. The molecule has 0 amide bonds. The fraction of sp³-hybridized carbons (Fsp3) is 0.625. The van der Waals surface area contributed by atoms with E-state index in [2.05, 4.69) is 24.1 Å². The van der Waals surface area contributed by atoms with E-state index in [4.69, 9.17) is 4.74 Å². The first-order valence-electron chi connectivity index (χ1n) is 7.40. The van der Waals surface area contributed by atoms with Crippen molar-refractivity contribution < 1.29 is 9.13 Å². The molecule has 1 aromatic carbocycles. The minimum atomic E-state index is -0.137. The van der Waals surface area contributed by atoms with E-state index in [0.717, 1.165) is 31.6 Å². The summed E-state index contributed by atoms with van der Waals surface area (Å²) in [5.41, 5.74) is 1.67. The molecule has 0 atom stereocenters. The van der Waals surface area contributed by atoms with Crippen LogP contribution in [0, 0.1) is 5.82 Å². The molecular formula is C16H25FN2O. The molecule has 1 N–H and O–H groups in total. The lowest BCUT2D eigenvalue weighted by Crippen LogP contribution is -2.37. The number of anilines is 1. The molecule has 0 spiro atoms. The van der Waals surface area contributed by atoms with Crippen molar-refractivity contribution in [2.75, 3.05) is 25.2 Å². The van der Waals surface area contributed by atoms with Crippen molar-refractivity contribution in [3.05, 3.63) is 29.6 Å². The summed E-state index contributed by atoms with van der Waals surface area (Å²) in [6, 6.07) is 6.31. The van der Waals surface area contributed by atoms with E-state index < -0.39 is 0 Å². The van der Waals surface area contributed by atoms with E-state index in [1.807, 2.05) is 19.2 Å². The maximum atomic E-state index is 14.3. The fourth-order valence-corrected chi connectivity index (χ4v) is 2.54. The molecule has 1 saturated heterocycles. The zero-order valence-corrected chi connectivity index (χ0v) is 12.7. The van der Waals surface area contributed by atoms with Crippen LogP contribution in [0.1, 0.15) is 32.3 Å². The first kappa shape index (κ1) is 15.3. The number of hydrogen-bond donors (Lipinski definition) is 1. The molecule has 0 radical (unpaired) electrons. The largest absolute Gasteiger partial charge is 0.381 e. The Morgan fingerprint density at radius 3 is 2.65 bits per heavy atom. The Bertz CT molecular complexity index is 430. The Balaban J connectivity index is 2.04. The number of nitrogens with one attached hydrogen (secondary N) is 1. The zero-order chi connectivity index (χ0) is 14.5. The highest BCUT2D eigenvalue weighted by atomic mass is 19.1. The van der Waals surface area contributed by atoms with Crippen LogP contribution in [0.2, 0.25) is 0 Å². The maximum absolute atomic E-state index is 14.3. The van der Waals surface area contributed by atoms with E-state index in [1.165, 1.54) is 0 Å². The highest BCUT2D eigenvalue weighted by Crippen LogP contribution is 2.25. The van der Waals surface area contributed by atoms with Crippen molar-refractivity contribution >= 4 is 5.69 Å². The molecule has 1 heterocycles. The number of halogens is 1. The van der Waals surface area contributed by atoms with Crippen LogP contribution in [-0.2, 0) is 11.3 Å². The van der Waals surface area contributed by atoms with Crippen molar-refractivity contribution in [3.63, 3.8) is 0 Å². The normalized spacial score (nSPS) is 16.6. The first-order chi connectivity index (χ1) is 9.58. The molecule has 0 saturated carbocycles. The molecule has 20 heavy (non-hydrogen) atoms. The number of benzene rings is 1. The van der Waals surface area contributed by atoms with Gasteiger partial charge in [0.05, 0.1) is 5.69 Å². The molecule has 0 bridgehead atoms. The van der Waals surface area contributed by atoms with Crippen LogP contribution in [0.5, 0.6) is 0 Å². The molecule has 3 nitrogen and oxygen atoms in total. The van der Waals surface area contributed by atoms with Gasteiger partial charge in [0.15, 0.2) is 0 Å². The number of hydrogen-bond acceptors (Lipinski definition) is 3. The van der Waals surface area contributed by atoms with Gasteiger partial charge in [0.1, 0.15) is 5.82 Å². The van der Waals surface area contributed by atoms with Crippen LogP contribution in [0.3, 0.4) is 0 Å². The third-order valence-corrected chi connectivity index (χ3v) is 3.85. The van der Waals surface area contributed by atoms with Crippen LogP contribution >= 0.6 is 0 Å². The van der Waals surface area contributed by atoms with Gasteiger partial charge in [0, 0.05) is 38.9 Å². The molecule has 1 aromatic rings. The number of nitrogens with zero attached hydrogens (tertiary/aromatic N) is 1. The summed E-state index contributed by atoms with van der Waals surface area (Å²) in [5, 5.41) is 3.30. The molecule has 2 rings (SSSR count). The van der Waals surface area contributed by atoms with Gasteiger partial charge in [-0.1, -0.05) is 19.9 Å². The lowest BCUT2D eigenvalue weighted by atomic mass is 10.1. The van der Waals surface area contributed by atoms with Gasteiger partial charge in [0.2, 0.25) is 0 Å². The molecule has 1 aliphatic rings. The SMILES string of the molecule is CC(C)NCc1ccc(N(C)C2CCOCC2)c(F)c1. The van der Waals surface area contributed by atoms with Crippen molar-refractivity contribution in [1.82, 2.24) is 5.32 Å². The second-order valence-electron chi connectivity index (χ2n) is 5.78. The van der Waals surface area contributed by atoms with Gasteiger partial charge in [-0.2, -0.15) is 0 Å². The highest BCUT2D eigenvalue weighted by Gasteiger charge is 2.20. The molecular weight excluding hydrogens is 255 g/mol. The van der Waals surface area contributed by atoms with E-state index in [-0.39, 0.29) is 5.82 Å². The predicted octanol–water partition coefficient (Wildman–Crippen LogP) is 2.94. The molecule has 0 unspecified atom stereocenters. The number of rotatable bonds is 5. The topological polar surface area (TPSA) is 24.5 Å². The van der Waals surface area contributed by atoms with Gasteiger partial charge in [0.25, 0.3) is 0 Å². The lowest BCUT2D eigenvalue weighted by molar-refractivity contribution is 0.0853. The summed E-state index contributed by atoms with van der Waals surface area (Å²) in [7, 11) is 1.97. The Kier molecular flexibility index (Phi) is 5.38.